The lowest BCUT2D eigenvalue weighted by molar-refractivity contribution is -0.384. The molecule has 1 aromatic carbocycles. The lowest BCUT2D eigenvalue weighted by Crippen LogP contribution is -2.21. The number of rotatable bonds is 6. The van der Waals surface area contributed by atoms with Gasteiger partial charge in [-0.1, -0.05) is 11.6 Å². The molecule has 0 fully saturated rings. The van der Waals surface area contributed by atoms with Crippen molar-refractivity contribution in [3.05, 3.63) is 57.0 Å². The molecule has 2 aromatic rings. The number of nitro groups is 1. The number of hydrogen-bond acceptors (Lipinski definition) is 5. The summed E-state index contributed by atoms with van der Waals surface area (Å²) >= 11 is 5.92. The van der Waals surface area contributed by atoms with Crippen molar-refractivity contribution in [3.8, 4) is 5.75 Å². The zero-order valence-corrected chi connectivity index (χ0v) is 12.4. The molecule has 0 unspecified atom stereocenters. The predicted octanol–water partition coefficient (Wildman–Crippen LogP) is 3.17. The van der Waals surface area contributed by atoms with E-state index in [2.05, 4.69) is 5.32 Å². The Bertz CT molecular complexity index is 698. The molecule has 116 valence electrons. The second-order valence-electron chi connectivity index (χ2n) is 4.29. The first-order valence-corrected chi connectivity index (χ1v) is 6.82. The normalized spacial score (nSPS) is 10.3. The SMILES string of the molecule is CCNC(=O)c1ccc(COc2cc([N+](=O)[O-])ccc2Cl)o1. The summed E-state index contributed by atoms with van der Waals surface area (Å²) in [5.74, 6) is 0.434. The van der Waals surface area contributed by atoms with Gasteiger partial charge >= 0.3 is 0 Å². The highest BCUT2D eigenvalue weighted by molar-refractivity contribution is 6.32. The number of hydrogen-bond donors (Lipinski definition) is 1. The second-order valence-corrected chi connectivity index (χ2v) is 4.69. The molecule has 2 rings (SSSR count). The Morgan fingerprint density at radius 2 is 2.18 bits per heavy atom. The molecular weight excluding hydrogens is 312 g/mol. The van der Waals surface area contributed by atoms with E-state index in [9.17, 15) is 14.9 Å². The van der Waals surface area contributed by atoms with Crippen LogP contribution in [0.2, 0.25) is 5.02 Å². The molecule has 1 N–H and O–H groups in total. The van der Waals surface area contributed by atoms with Crippen LogP contribution in [0.5, 0.6) is 5.75 Å². The minimum Gasteiger partial charge on any atom is -0.484 e. The van der Waals surface area contributed by atoms with Crippen LogP contribution in [0.4, 0.5) is 5.69 Å². The Morgan fingerprint density at radius 1 is 1.41 bits per heavy atom. The van der Waals surface area contributed by atoms with Crippen molar-refractivity contribution in [2.75, 3.05) is 6.54 Å². The summed E-state index contributed by atoms with van der Waals surface area (Å²) in [5.41, 5.74) is -0.123. The number of nitrogens with one attached hydrogen (secondary N) is 1. The van der Waals surface area contributed by atoms with E-state index in [1.807, 2.05) is 0 Å². The zero-order chi connectivity index (χ0) is 16.1. The van der Waals surface area contributed by atoms with E-state index in [1.165, 1.54) is 24.3 Å². The van der Waals surface area contributed by atoms with Crippen LogP contribution in [-0.2, 0) is 6.61 Å². The van der Waals surface area contributed by atoms with Gasteiger partial charge in [0.05, 0.1) is 16.0 Å². The molecule has 0 radical (unpaired) electrons. The first kappa shape index (κ1) is 15.8. The fraction of sp³-hybridized carbons (Fsp3) is 0.214. The third-order valence-corrected chi connectivity index (χ3v) is 3.03. The van der Waals surface area contributed by atoms with Gasteiger partial charge in [-0.2, -0.15) is 0 Å². The maximum absolute atomic E-state index is 11.6. The highest BCUT2D eigenvalue weighted by Gasteiger charge is 2.13. The molecule has 1 amide bonds. The van der Waals surface area contributed by atoms with E-state index < -0.39 is 4.92 Å². The topological polar surface area (TPSA) is 94.6 Å². The molecule has 0 aliphatic rings. The molecule has 0 spiro atoms. The Labute approximate surface area is 131 Å². The van der Waals surface area contributed by atoms with Gasteiger partial charge in [-0.15, -0.1) is 0 Å². The minimum atomic E-state index is -0.538. The maximum Gasteiger partial charge on any atom is 0.286 e. The van der Waals surface area contributed by atoms with Crippen molar-refractivity contribution in [3.63, 3.8) is 0 Å². The van der Waals surface area contributed by atoms with E-state index in [-0.39, 0.29) is 34.7 Å². The lowest BCUT2D eigenvalue weighted by atomic mass is 10.3. The first-order chi connectivity index (χ1) is 10.5. The highest BCUT2D eigenvalue weighted by atomic mass is 35.5. The van der Waals surface area contributed by atoms with Gasteiger partial charge in [-0.25, -0.2) is 0 Å². The van der Waals surface area contributed by atoms with E-state index in [0.717, 1.165) is 0 Å². The molecule has 1 heterocycles. The quantitative estimate of drug-likeness (QED) is 0.650. The average molecular weight is 325 g/mol. The Morgan fingerprint density at radius 3 is 2.86 bits per heavy atom. The van der Waals surface area contributed by atoms with Crippen LogP contribution in [-0.4, -0.2) is 17.4 Å². The van der Waals surface area contributed by atoms with E-state index in [0.29, 0.717) is 12.3 Å². The smallest absolute Gasteiger partial charge is 0.286 e. The summed E-state index contributed by atoms with van der Waals surface area (Å²) in [7, 11) is 0. The van der Waals surface area contributed by atoms with Crippen molar-refractivity contribution < 1.29 is 18.9 Å². The zero-order valence-electron chi connectivity index (χ0n) is 11.7. The molecule has 0 saturated carbocycles. The largest absolute Gasteiger partial charge is 0.484 e. The number of nitro benzene ring substituents is 1. The average Bonchev–Trinajstić information content (AvgIpc) is 2.95. The molecule has 1 aromatic heterocycles. The minimum absolute atomic E-state index is 0.000290. The van der Waals surface area contributed by atoms with Crippen molar-refractivity contribution >= 4 is 23.2 Å². The molecular formula is C14H13ClN2O5. The van der Waals surface area contributed by atoms with E-state index in [4.69, 9.17) is 20.8 Å². The standard InChI is InChI=1S/C14H13ClN2O5/c1-2-16-14(18)12-6-4-10(22-12)8-21-13-7-9(17(19)20)3-5-11(13)15/h3-7H,2,8H2,1H3,(H,16,18). The molecule has 22 heavy (non-hydrogen) atoms. The van der Waals surface area contributed by atoms with Gasteiger partial charge in [0.25, 0.3) is 11.6 Å². The number of benzene rings is 1. The van der Waals surface area contributed by atoms with Gasteiger partial charge in [-0.3, -0.25) is 14.9 Å². The number of halogens is 1. The monoisotopic (exact) mass is 324 g/mol. The number of nitrogens with zero attached hydrogens (tertiary/aromatic N) is 1. The Hall–Kier alpha value is -2.54. The Kier molecular flexibility index (Phi) is 5.00. The van der Waals surface area contributed by atoms with Crippen LogP contribution in [0.15, 0.2) is 34.7 Å². The molecule has 7 nitrogen and oxygen atoms in total. The number of non-ortho nitro benzene ring substituents is 1. The fourth-order valence-corrected chi connectivity index (χ4v) is 1.86. The summed E-state index contributed by atoms with van der Waals surface area (Å²) in [6.07, 6.45) is 0. The summed E-state index contributed by atoms with van der Waals surface area (Å²) in [6.45, 7) is 2.30. The highest BCUT2D eigenvalue weighted by Crippen LogP contribution is 2.29. The third-order valence-electron chi connectivity index (χ3n) is 2.72. The third kappa shape index (κ3) is 3.76. The van der Waals surface area contributed by atoms with Crippen molar-refractivity contribution in [1.82, 2.24) is 5.32 Å². The molecule has 0 aliphatic carbocycles. The van der Waals surface area contributed by atoms with Crippen molar-refractivity contribution in [1.29, 1.82) is 0 Å². The summed E-state index contributed by atoms with van der Waals surface area (Å²) < 4.78 is 10.7. The number of amides is 1. The van der Waals surface area contributed by atoms with Crippen molar-refractivity contribution in [2.24, 2.45) is 0 Å². The molecule has 8 heteroatoms. The summed E-state index contributed by atoms with van der Waals surface area (Å²) in [5, 5.41) is 13.6. The Balaban J connectivity index is 2.06. The first-order valence-electron chi connectivity index (χ1n) is 6.45. The molecule has 0 bridgehead atoms. The number of furan rings is 1. The van der Waals surface area contributed by atoms with Gasteiger partial charge in [-0.05, 0) is 25.1 Å². The van der Waals surface area contributed by atoms with Crippen LogP contribution in [0.3, 0.4) is 0 Å². The maximum atomic E-state index is 11.6. The number of ether oxygens (including phenoxy) is 1. The molecule has 0 atom stereocenters. The summed E-state index contributed by atoms with van der Waals surface area (Å²) in [6, 6.07) is 7.02. The van der Waals surface area contributed by atoms with Crippen molar-refractivity contribution in [2.45, 2.75) is 13.5 Å². The van der Waals surface area contributed by atoms with Crippen LogP contribution in [0.25, 0.3) is 0 Å². The van der Waals surface area contributed by atoms with Crippen LogP contribution >= 0.6 is 11.6 Å². The van der Waals surface area contributed by atoms with Gasteiger partial charge < -0.3 is 14.5 Å². The van der Waals surface area contributed by atoms with Gasteiger partial charge in [0.1, 0.15) is 18.1 Å². The van der Waals surface area contributed by atoms with Gasteiger partial charge in [0.2, 0.25) is 0 Å². The fourth-order valence-electron chi connectivity index (χ4n) is 1.69. The lowest BCUT2D eigenvalue weighted by Gasteiger charge is -2.06. The number of carbonyl (C=O) groups is 1. The summed E-state index contributed by atoms with van der Waals surface area (Å²) in [4.78, 5) is 21.7. The van der Waals surface area contributed by atoms with Crippen LogP contribution in [0, 0.1) is 10.1 Å². The molecule has 0 aliphatic heterocycles. The van der Waals surface area contributed by atoms with E-state index >= 15 is 0 Å². The van der Waals surface area contributed by atoms with Gasteiger partial charge in [0, 0.05) is 12.6 Å². The van der Waals surface area contributed by atoms with E-state index in [1.54, 1.807) is 13.0 Å². The second kappa shape index (κ2) is 6.95. The van der Waals surface area contributed by atoms with Gasteiger partial charge in [0.15, 0.2) is 5.76 Å². The molecule has 0 saturated heterocycles. The van der Waals surface area contributed by atoms with Crippen LogP contribution < -0.4 is 10.1 Å². The number of carbonyl (C=O) groups excluding carboxylic acids is 1. The van der Waals surface area contributed by atoms with Crippen LogP contribution in [0.1, 0.15) is 23.2 Å². The predicted molar refractivity (Wildman–Crippen MR) is 79.2 cm³/mol.